The molecule has 182 valence electrons. The highest BCUT2D eigenvalue weighted by Gasteiger charge is 2.31. The van der Waals surface area contributed by atoms with Gasteiger partial charge in [0.2, 0.25) is 0 Å². The van der Waals surface area contributed by atoms with E-state index in [-0.39, 0.29) is 19.0 Å². The zero-order chi connectivity index (χ0) is 24.0. The number of unbranched alkanes of at least 4 members (excludes halogenated alkanes) is 1. The summed E-state index contributed by atoms with van der Waals surface area (Å²) >= 11 is 6.70. The van der Waals surface area contributed by atoms with E-state index in [9.17, 15) is 19.5 Å². The molecule has 0 fully saturated rings. The van der Waals surface area contributed by atoms with Gasteiger partial charge in [-0.3, -0.25) is 24.0 Å². The molecule has 0 aliphatic heterocycles. The second-order valence-corrected chi connectivity index (χ2v) is 10.3. The fraction of sp³-hybridized carbons (Fsp3) is 0.611. The fourth-order valence-corrected chi connectivity index (χ4v) is 5.89. The van der Waals surface area contributed by atoms with Gasteiger partial charge in [0.25, 0.3) is 0 Å². The number of halogens is 2. The average Bonchev–Trinajstić information content (AvgIpc) is 3.25. The topological polar surface area (TPSA) is 150 Å². The van der Waals surface area contributed by atoms with E-state index in [1.165, 1.54) is 18.2 Å². The predicted molar refractivity (Wildman–Crippen MR) is 128 cm³/mol. The zero-order valence-electron chi connectivity index (χ0n) is 17.6. The number of hydrogen-bond acceptors (Lipinski definition) is 8. The van der Waals surface area contributed by atoms with Crippen molar-refractivity contribution in [2.24, 2.45) is 5.73 Å². The van der Waals surface area contributed by atoms with E-state index >= 15 is 0 Å². The van der Waals surface area contributed by atoms with Crippen LogP contribution in [0.15, 0.2) is 29.2 Å². The first-order chi connectivity index (χ1) is 15.3. The molecular formula is C18H29Br2N4O7P. The second-order valence-electron chi connectivity index (χ2n) is 6.55. The lowest BCUT2D eigenvalue weighted by Gasteiger charge is -2.30. The molecule has 0 saturated carbocycles. The summed E-state index contributed by atoms with van der Waals surface area (Å²) in [6.07, 6.45) is 3.10. The molecule has 0 aliphatic carbocycles. The first kappa shape index (κ1) is 29.0. The number of furan rings is 1. The molecule has 0 spiro atoms. The molecule has 1 heterocycles. The third-order valence-corrected chi connectivity index (χ3v) is 7.12. The molecule has 0 saturated heterocycles. The summed E-state index contributed by atoms with van der Waals surface area (Å²) in [7, 11) is -3.48. The SMILES string of the molecule is C=CCOC(=O)[C@@H](N)CCCCNP(=O)(OCc1ccc([N+](=O)[O-])o1)N(CCBr)CCBr. The summed E-state index contributed by atoms with van der Waals surface area (Å²) in [5.41, 5.74) is 5.80. The molecule has 0 aromatic carbocycles. The third kappa shape index (κ3) is 10.2. The Bertz CT molecular complexity index is 774. The summed E-state index contributed by atoms with van der Waals surface area (Å²) in [6, 6.07) is 1.90. The lowest BCUT2D eigenvalue weighted by molar-refractivity contribution is -0.402. The van der Waals surface area contributed by atoms with E-state index in [2.05, 4.69) is 43.5 Å². The van der Waals surface area contributed by atoms with Gasteiger partial charge in [0.1, 0.15) is 29.9 Å². The molecule has 1 rings (SSSR count). The molecule has 0 amide bonds. The molecule has 1 unspecified atom stereocenters. The number of nitro groups is 1. The van der Waals surface area contributed by atoms with Crippen molar-refractivity contribution in [3.05, 3.63) is 40.7 Å². The van der Waals surface area contributed by atoms with E-state index in [1.807, 2.05) is 0 Å². The smallest absolute Gasteiger partial charge is 0.433 e. The van der Waals surface area contributed by atoms with Crippen LogP contribution in [0.25, 0.3) is 0 Å². The lowest BCUT2D eigenvalue weighted by atomic mass is 10.1. The van der Waals surface area contributed by atoms with Crippen molar-refractivity contribution >= 4 is 51.4 Å². The van der Waals surface area contributed by atoms with E-state index < -0.39 is 30.5 Å². The standard InChI is InChI=1S/C18H29Br2N4O7P/c1-2-13-29-18(25)16(21)5-3-4-10-22-32(28,23(11-8-19)12-9-20)30-14-15-6-7-17(31-15)24(26)27/h2,6-7,16H,1,3-5,8-14,21H2,(H,22,28)/t16-,32?/m0/s1. The van der Waals surface area contributed by atoms with Crippen molar-refractivity contribution in [1.29, 1.82) is 0 Å². The molecule has 0 radical (unpaired) electrons. The summed E-state index contributed by atoms with van der Waals surface area (Å²) < 4.78 is 31.0. The van der Waals surface area contributed by atoms with Gasteiger partial charge >= 0.3 is 19.5 Å². The highest BCUT2D eigenvalue weighted by molar-refractivity contribution is 9.09. The Morgan fingerprint density at radius 3 is 2.62 bits per heavy atom. The van der Waals surface area contributed by atoms with Crippen LogP contribution in [-0.2, 0) is 25.2 Å². The second kappa shape index (κ2) is 15.7. The van der Waals surface area contributed by atoms with Crippen LogP contribution in [0.5, 0.6) is 0 Å². The summed E-state index contributed by atoms with van der Waals surface area (Å²) in [6.45, 7) is 4.65. The highest BCUT2D eigenvalue weighted by atomic mass is 79.9. The van der Waals surface area contributed by atoms with E-state index in [0.717, 1.165) is 0 Å². The summed E-state index contributed by atoms with van der Waals surface area (Å²) in [5, 5.41) is 14.9. The van der Waals surface area contributed by atoms with Crippen LogP contribution in [0, 0.1) is 10.1 Å². The monoisotopic (exact) mass is 602 g/mol. The Kier molecular flexibility index (Phi) is 14.2. The quantitative estimate of drug-likeness (QED) is 0.0483. The predicted octanol–water partition coefficient (Wildman–Crippen LogP) is 3.72. The van der Waals surface area contributed by atoms with Gasteiger partial charge in [-0.05, 0) is 18.9 Å². The molecule has 3 N–H and O–H groups in total. The molecule has 1 aromatic rings. The normalized spacial score (nSPS) is 14.1. The maximum Gasteiger partial charge on any atom is 0.433 e. The fourth-order valence-electron chi connectivity index (χ4n) is 2.57. The molecule has 0 bridgehead atoms. The van der Waals surface area contributed by atoms with Gasteiger partial charge in [-0.25, -0.2) is 9.76 Å². The first-order valence-electron chi connectivity index (χ1n) is 9.90. The van der Waals surface area contributed by atoms with Crippen LogP contribution >= 0.6 is 39.5 Å². The number of carbonyl (C=O) groups is 1. The van der Waals surface area contributed by atoms with Crippen molar-refractivity contribution in [3.8, 4) is 0 Å². The van der Waals surface area contributed by atoms with Crippen molar-refractivity contribution < 1.29 is 28.0 Å². The van der Waals surface area contributed by atoms with Crippen LogP contribution < -0.4 is 10.8 Å². The molecule has 32 heavy (non-hydrogen) atoms. The van der Waals surface area contributed by atoms with E-state index in [1.54, 1.807) is 4.67 Å². The minimum Gasteiger partial charge on any atom is -0.460 e. The van der Waals surface area contributed by atoms with Gasteiger partial charge in [0.15, 0.2) is 0 Å². The van der Waals surface area contributed by atoms with Crippen LogP contribution in [0.3, 0.4) is 0 Å². The van der Waals surface area contributed by atoms with Crippen molar-refractivity contribution in [1.82, 2.24) is 9.76 Å². The molecule has 0 aliphatic rings. The molecule has 11 nitrogen and oxygen atoms in total. The molecule has 14 heteroatoms. The number of esters is 1. The molecule has 2 atom stereocenters. The third-order valence-electron chi connectivity index (χ3n) is 4.17. The first-order valence-corrected chi connectivity index (χ1v) is 13.7. The Labute approximate surface area is 204 Å². The number of carbonyl (C=O) groups excluding carboxylic acids is 1. The Hall–Kier alpha value is -1.08. The van der Waals surface area contributed by atoms with Gasteiger partial charge < -0.3 is 14.9 Å². The maximum absolute atomic E-state index is 13.6. The van der Waals surface area contributed by atoms with Crippen LogP contribution in [0.2, 0.25) is 0 Å². The lowest BCUT2D eigenvalue weighted by Crippen LogP contribution is -2.33. The average molecular weight is 604 g/mol. The van der Waals surface area contributed by atoms with Gasteiger partial charge in [0.05, 0.1) is 6.07 Å². The van der Waals surface area contributed by atoms with Gasteiger partial charge in [-0.1, -0.05) is 50.9 Å². The number of nitrogens with two attached hydrogens (primary N) is 1. The number of nitrogens with one attached hydrogen (secondary N) is 1. The van der Waals surface area contributed by atoms with E-state index in [0.29, 0.717) is 49.6 Å². The highest BCUT2D eigenvalue weighted by Crippen LogP contribution is 2.47. The largest absolute Gasteiger partial charge is 0.460 e. The maximum atomic E-state index is 13.6. The van der Waals surface area contributed by atoms with Gasteiger partial charge in [-0.15, -0.1) is 0 Å². The van der Waals surface area contributed by atoms with Gasteiger partial charge in [0, 0.05) is 30.3 Å². The van der Waals surface area contributed by atoms with Crippen molar-refractivity contribution in [2.75, 3.05) is 36.9 Å². The van der Waals surface area contributed by atoms with Crippen molar-refractivity contribution in [2.45, 2.75) is 31.9 Å². The minimum absolute atomic E-state index is 0.115. The number of nitrogens with zero attached hydrogens (tertiary/aromatic N) is 2. The Balaban J connectivity index is 2.66. The number of hydrogen-bond donors (Lipinski definition) is 2. The summed E-state index contributed by atoms with van der Waals surface area (Å²) in [5.74, 6) is -0.701. The minimum atomic E-state index is -3.48. The van der Waals surface area contributed by atoms with Crippen LogP contribution in [0.1, 0.15) is 25.0 Å². The molecular weight excluding hydrogens is 575 g/mol. The van der Waals surface area contributed by atoms with E-state index in [4.69, 9.17) is 19.4 Å². The summed E-state index contributed by atoms with van der Waals surface area (Å²) in [4.78, 5) is 21.8. The number of alkyl halides is 2. The number of ether oxygens (including phenoxy) is 1. The number of rotatable bonds is 18. The van der Waals surface area contributed by atoms with Crippen molar-refractivity contribution in [3.63, 3.8) is 0 Å². The zero-order valence-corrected chi connectivity index (χ0v) is 21.7. The molecule has 1 aromatic heterocycles. The Morgan fingerprint density at radius 2 is 2.06 bits per heavy atom. The van der Waals surface area contributed by atoms with Crippen LogP contribution in [0.4, 0.5) is 5.88 Å². The Morgan fingerprint density at radius 1 is 1.38 bits per heavy atom. The van der Waals surface area contributed by atoms with Gasteiger partial charge in [-0.2, -0.15) is 0 Å². The van der Waals surface area contributed by atoms with Crippen LogP contribution in [-0.4, -0.2) is 58.5 Å².